The van der Waals surface area contributed by atoms with Gasteiger partial charge in [0.15, 0.2) is 5.76 Å². The minimum absolute atomic E-state index is 0.0817. The highest BCUT2D eigenvalue weighted by atomic mass is 35.5. The van der Waals surface area contributed by atoms with E-state index in [1.54, 1.807) is 24.3 Å². The summed E-state index contributed by atoms with van der Waals surface area (Å²) >= 11 is 6.31. The first-order chi connectivity index (χ1) is 15.6. The van der Waals surface area contributed by atoms with Crippen LogP contribution in [0.15, 0.2) is 59.2 Å². The van der Waals surface area contributed by atoms with Crippen LogP contribution in [-0.2, 0) is 6.42 Å². The number of nitrogens with zero attached hydrogens (tertiary/aromatic N) is 3. The van der Waals surface area contributed by atoms with Crippen molar-refractivity contribution in [2.45, 2.75) is 13.3 Å². The van der Waals surface area contributed by atoms with Crippen molar-refractivity contribution < 1.29 is 19.4 Å². The zero-order valence-corrected chi connectivity index (χ0v) is 18.4. The van der Waals surface area contributed by atoms with E-state index in [1.807, 2.05) is 35.7 Å². The molecule has 32 heavy (non-hydrogen) atoms. The maximum absolute atomic E-state index is 13.8. The van der Waals surface area contributed by atoms with Gasteiger partial charge in [-0.2, -0.15) is 5.10 Å². The van der Waals surface area contributed by atoms with Crippen molar-refractivity contribution in [1.29, 1.82) is 0 Å². The third-order valence-electron chi connectivity index (χ3n) is 5.35. The molecule has 4 aromatic rings. The van der Waals surface area contributed by atoms with Crippen LogP contribution in [0.2, 0.25) is 5.02 Å². The summed E-state index contributed by atoms with van der Waals surface area (Å²) in [5.41, 5.74) is 3.88. The number of rotatable bonds is 8. The van der Waals surface area contributed by atoms with Crippen LogP contribution in [0.25, 0.3) is 28.1 Å². The van der Waals surface area contributed by atoms with E-state index in [4.69, 9.17) is 21.1 Å². The van der Waals surface area contributed by atoms with Crippen LogP contribution in [0.3, 0.4) is 0 Å². The monoisotopic (exact) mass is 453 g/mol. The minimum atomic E-state index is -0.358. The molecule has 0 saturated carbocycles. The zero-order chi connectivity index (χ0) is 22.7. The molecular formula is C24H24ClN3O4. The first kappa shape index (κ1) is 22.1. The molecule has 0 radical (unpaired) electrons. The lowest BCUT2D eigenvalue weighted by Gasteiger charge is -2.24. The summed E-state index contributed by atoms with van der Waals surface area (Å²) in [4.78, 5) is 15.2. The summed E-state index contributed by atoms with van der Waals surface area (Å²) in [6, 6.07) is 14.7. The maximum Gasteiger partial charge on any atom is 0.257 e. The van der Waals surface area contributed by atoms with Gasteiger partial charge in [-0.3, -0.25) is 4.79 Å². The fourth-order valence-electron chi connectivity index (χ4n) is 3.89. The van der Waals surface area contributed by atoms with E-state index in [1.165, 1.54) is 11.2 Å². The van der Waals surface area contributed by atoms with Crippen molar-refractivity contribution in [2.75, 3.05) is 26.3 Å². The summed E-state index contributed by atoms with van der Waals surface area (Å²) in [5.74, 6) is 0.0888. The van der Waals surface area contributed by atoms with Crippen molar-refractivity contribution in [3.05, 3.63) is 71.1 Å². The predicted octanol–water partition coefficient (Wildman–Crippen LogP) is 3.90. The molecule has 1 aromatic carbocycles. The predicted molar refractivity (Wildman–Crippen MR) is 123 cm³/mol. The van der Waals surface area contributed by atoms with Gasteiger partial charge in [0.1, 0.15) is 5.69 Å². The number of furan rings is 1. The molecule has 3 heterocycles. The van der Waals surface area contributed by atoms with E-state index in [0.717, 1.165) is 23.2 Å². The third-order valence-corrected chi connectivity index (χ3v) is 5.58. The van der Waals surface area contributed by atoms with E-state index in [2.05, 4.69) is 0 Å². The van der Waals surface area contributed by atoms with Gasteiger partial charge >= 0.3 is 0 Å². The van der Waals surface area contributed by atoms with Crippen LogP contribution < -0.4 is 0 Å². The molecule has 166 valence electrons. The zero-order valence-electron chi connectivity index (χ0n) is 17.7. The topological polar surface area (TPSA) is 91.2 Å². The molecule has 0 atom stereocenters. The molecule has 7 nitrogen and oxygen atoms in total. The van der Waals surface area contributed by atoms with Crippen molar-refractivity contribution in [1.82, 2.24) is 14.5 Å². The first-order valence-electron chi connectivity index (χ1n) is 10.4. The largest absolute Gasteiger partial charge is 0.463 e. The molecule has 0 fully saturated rings. The Labute approximate surface area is 190 Å². The summed E-state index contributed by atoms with van der Waals surface area (Å²) in [7, 11) is 0. The molecule has 8 heteroatoms. The number of aryl methyl sites for hydroxylation is 1. The lowest BCUT2D eigenvalue weighted by molar-refractivity contribution is 0.0685. The smallest absolute Gasteiger partial charge is 0.257 e. The highest BCUT2D eigenvalue weighted by Gasteiger charge is 2.29. The number of aliphatic hydroxyl groups excluding tert-OH is 2. The van der Waals surface area contributed by atoms with Gasteiger partial charge in [-0.15, -0.1) is 0 Å². The van der Waals surface area contributed by atoms with E-state index in [-0.39, 0.29) is 32.2 Å². The Balaban J connectivity index is 2.10. The van der Waals surface area contributed by atoms with Crippen LogP contribution in [0.5, 0.6) is 0 Å². The average Bonchev–Trinajstić information content (AvgIpc) is 3.47. The Morgan fingerprint density at radius 2 is 1.91 bits per heavy atom. The fraction of sp³-hybridized carbons (Fsp3) is 0.250. The molecular weight excluding hydrogens is 430 g/mol. The lowest BCUT2D eigenvalue weighted by atomic mass is 9.96. The summed E-state index contributed by atoms with van der Waals surface area (Å²) in [5, 5.41) is 24.4. The fourth-order valence-corrected chi connectivity index (χ4v) is 4.08. The number of fused-ring (bicyclic) bond motifs is 1. The molecule has 0 spiro atoms. The molecule has 4 rings (SSSR count). The second-order valence-electron chi connectivity index (χ2n) is 7.30. The summed E-state index contributed by atoms with van der Waals surface area (Å²) < 4.78 is 7.48. The lowest BCUT2D eigenvalue weighted by Crippen LogP contribution is -2.36. The number of aromatic nitrogens is 2. The Kier molecular flexibility index (Phi) is 6.60. The Bertz CT molecular complexity index is 1230. The number of hydrogen-bond donors (Lipinski definition) is 2. The number of amides is 1. The molecule has 0 aliphatic carbocycles. The van der Waals surface area contributed by atoms with Gasteiger partial charge in [0.2, 0.25) is 0 Å². The second-order valence-corrected chi connectivity index (χ2v) is 7.74. The quantitative estimate of drug-likeness (QED) is 0.422. The molecule has 3 aromatic heterocycles. The highest BCUT2D eigenvalue weighted by molar-refractivity contribution is 6.31. The van der Waals surface area contributed by atoms with Crippen LogP contribution in [0.4, 0.5) is 0 Å². The van der Waals surface area contributed by atoms with Gasteiger partial charge in [0.25, 0.3) is 5.91 Å². The number of hydrogen-bond acceptors (Lipinski definition) is 5. The first-order valence-corrected chi connectivity index (χ1v) is 10.8. The van der Waals surface area contributed by atoms with Crippen molar-refractivity contribution in [3.63, 3.8) is 0 Å². The molecule has 0 saturated heterocycles. The number of benzene rings is 1. The molecule has 0 unspecified atom stereocenters. The normalized spacial score (nSPS) is 11.2. The van der Waals surface area contributed by atoms with E-state index < -0.39 is 0 Å². The molecule has 0 aliphatic heterocycles. The number of carbonyl (C=O) groups excluding carboxylic acids is 1. The molecule has 0 bridgehead atoms. The minimum Gasteiger partial charge on any atom is -0.463 e. The number of carbonyl (C=O) groups is 1. The number of aliphatic hydroxyl groups is 2. The molecule has 1 amide bonds. The van der Waals surface area contributed by atoms with E-state index >= 15 is 0 Å². The number of halogens is 1. The summed E-state index contributed by atoms with van der Waals surface area (Å²) in [6.45, 7) is 1.75. The molecule has 0 aliphatic rings. The van der Waals surface area contributed by atoms with Gasteiger partial charge in [-0.05, 0) is 48.4 Å². The van der Waals surface area contributed by atoms with Crippen LogP contribution in [0, 0.1) is 0 Å². The maximum atomic E-state index is 13.8. The molecule has 2 N–H and O–H groups in total. The van der Waals surface area contributed by atoms with Crippen LogP contribution >= 0.6 is 11.6 Å². The second kappa shape index (κ2) is 9.56. The van der Waals surface area contributed by atoms with E-state index in [0.29, 0.717) is 27.6 Å². The van der Waals surface area contributed by atoms with Crippen molar-refractivity contribution in [3.8, 4) is 22.6 Å². The Morgan fingerprint density at radius 1 is 1.12 bits per heavy atom. The van der Waals surface area contributed by atoms with Crippen molar-refractivity contribution in [2.24, 2.45) is 0 Å². The van der Waals surface area contributed by atoms with Gasteiger partial charge in [0, 0.05) is 29.4 Å². The van der Waals surface area contributed by atoms with Gasteiger partial charge in [0.05, 0.1) is 30.6 Å². The standard InChI is InChI=1S/C24H24ClN3O4/c1-2-18-8-9-19-21(16-5-3-6-17(25)15-16)22(24(31)27(10-12-29)11-13-30)23(26-28(18)19)20-7-4-14-32-20/h3-9,14-15,29-30H,2,10-13H2,1H3. The van der Waals surface area contributed by atoms with Crippen molar-refractivity contribution >= 4 is 23.0 Å². The Morgan fingerprint density at radius 3 is 2.53 bits per heavy atom. The Hall–Kier alpha value is -3.13. The van der Waals surface area contributed by atoms with Crippen LogP contribution in [0.1, 0.15) is 23.0 Å². The van der Waals surface area contributed by atoms with E-state index in [9.17, 15) is 15.0 Å². The average molecular weight is 454 g/mol. The van der Waals surface area contributed by atoms with Crippen LogP contribution in [-0.4, -0.2) is 56.9 Å². The third kappa shape index (κ3) is 4.02. The SMILES string of the molecule is CCc1ccc2c(-c3cccc(Cl)c3)c(C(=O)N(CCO)CCO)c(-c3ccco3)nn12. The summed E-state index contributed by atoms with van der Waals surface area (Å²) in [6.07, 6.45) is 2.28. The van der Waals surface area contributed by atoms with Gasteiger partial charge in [-0.25, -0.2) is 4.52 Å². The van der Waals surface area contributed by atoms with Gasteiger partial charge < -0.3 is 19.5 Å². The van der Waals surface area contributed by atoms with Gasteiger partial charge in [-0.1, -0.05) is 30.7 Å². The highest BCUT2D eigenvalue weighted by Crippen LogP contribution is 2.37.